The van der Waals surface area contributed by atoms with Crippen LogP contribution in [0.2, 0.25) is 0 Å². The van der Waals surface area contributed by atoms with Crippen LogP contribution in [0.4, 0.5) is 0 Å². The van der Waals surface area contributed by atoms with Crippen molar-refractivity contribution in [3.63, 3.8) is 0 Å². The first-order chi connectivity index (χ1) is 11.1. The fourth-order valence-electron chi connectivity index (χ4n) is 3.46. The Balaban J connectivity index is 1.86. The Kier molecular flexibility index (Phi) is 3.42. The normalized spacial score (nSPS) is 14.7. The van der Waals surface area contributed by atoms with Gasteiger partial charge in [0.2, 0.25) is 0 Å². The number of fused-ring (bicyclic) bond motifs is 2. The molecule has 1 aliphatic heterocycles. The molecule has 1 aliphatic rings. The van der Waals surface area contributed by atoms with Gasteiger partial charge < -0.3 is 5.32 Å². The summed E-state index contributed by atoms with van der Waals surface area (Å²) in [7, 11) is 0. The Morgan fingerprint density at radius 1 is 1.00 bits per heavy atom. The topological polar surface area (TPSA) is 42.7 Å². The van der Waals surface area contributed by atoms with Gasteiger partial charge in [-0.15, -0.1) is 0 Å². The zero-order valence-corrected chi connectivity index (χ0v) is 14.0. The van der Waals surface area contributed by atoms with Crippen LogP contribution < -0.4 is 5.32 Å². The number of nitrogens with zero attached hydrogens (tertiary/aromatic N) is 3. The van der Waals surface area contributed by atoms with Crippen LogP contribution in [-0.2, 0) is 13.1 Å². The second kappa shape index (κ2) is 5.46. The van der Waals surface area contributed by atoms with Crippen LogP contribution in [0.3, 0.4) is 0 Å². The van der Waals surface area contributed by atoms with Gasteiger partial charge in [-0.05, 0) is 63.1 Å². The standard InChI is InChI=1S/C19H22N4/c1-12-7-14(3)19-16(8-12)13(2)9-17(21-19)18-10-15-11-20-5-4-6-23(15)22-18/h7-10,20H,4-6,11H2,1-3H3. The fourth-order valence-corrected chi connectivity index (χ4v) is 3.46. The summed E-state index contributed by atoms with van der Waals surface area (Å²) >= 11 is 0. The van der Waals surface area contributed by atoms with Crippen molar-refractivity contribution in [2.75, 3.05) is 6.54 Å². The Bertz CT molecular complexity index is 869. The molecule has 3 aromatic rings. The van der Waals surface area contributed by atoms with Crippen molar-refractivity contribution in [1.29, 1.82) is 0 Å². The molecule has 0 saturated carbocycles. The number of benzene rings is 1. The maximum absolute atomic E-state index is 4.92. The lowest BCUT2D eigenvalue weighted by atomic mass is 10.0. The first-order valence-corrected chi connectivity index (χ1v) is 8.28. The van der Waals surface area contributed by atoms with E-state index < -0.39 is 0 Å². The van der Waals surface area contributed by atoms with Gasteiger partial charge in [0, 0.05) is 18.5 Å². The van der Waals surface area contributed by atoms with Crippen molar-refractivity contribution in [3.05, 3.63) is 46.6 Å². The van der Waals surface area contributed by atoms with E-state index in [2.05, 4.69) is 55.0 Å². The minimum atomic E-state index is 0.887. The molecule has 1 N–H and O–H groups in total. The molecule has 4 nitrogen and oxygen atoms in total. The Morgan fingerprint density at radius 2 is 1.87 bits per heavy atom. The lowest BCUT2D eigenvalue weighted by molar-refractivity contribution is 0.589. The maximum atomic E-state index is 4.92. The number of hydrogen-bond donors (Lipinski definition) is 1. The Hall–Kier alpha value is -2.20. The average Bonchev–Trinajstić information content (AvgIpc) is 2.79. The molecule has 118 valence electrons. The van der Waals surface area contributed by atoms with E-state index in [1.807, 2.05) is 0 Å². The summed E-state index contributed by atoms with van der Waals surface area (Å²) in [5.41, 5.74) is 8.07. The molecular weight excluding hydrogens is 284 g/mol. The van der Waals surface area contributed by atoms with Gasteiger partial charge in [0.15, 0.2) is 0 Å². The highest BCUT2D eigenvalue weighted by atomic mass is 15.3. The van der Waals surface area contributed by atoms with E-state index in [4.69, 9.17) is 10.1 Å². The van der Waals surface area contributed by atoms with Crippen LogP contribution in [0.1, 0.15) is 28.8 Å². The molecule has 23 heavy (non-hydrogen) atoms. The van der Waals surface area contributed by atoms with Gasteiger partial charge in [0.05, 0.1) is 16.9 Å². The molecule has 0 aliphatic carbocycles. The monoisotopic (exact) mass is 306 g/mol. The molecule has 0 fully saturated rings. The molecule has 0 atom stereocenters. The first-order valence-electron chi connectivity index (χ1n) is 8.28. The highest BCUT2D eigenvalue weighted by Gasteiger charge is 2.14. The molecule has 3 heterocycles. The number of pyridine rings is 1. The number of hydrogen-bond acceptors (Lipinski definition) is 3. The van der Waals surface area contributed by atoms with Crippen LogP contribution in [0.5, 0.6) is 0 Å². The Labute approximate surface area is 136 Å². The van der Waals surface area contributed by atoms with Crippen LogP contribution in [0, 0.1) is 20.8 Å². The van der Waals surface area contributed by atoms with E-state index >= 15 is 0 Å². The molecule has 0 unspecified atom stereocenters. The first kappa shape index (κ1) is 14.4. The molecule has 1 aromatic carbocycles. The minimum Gasteiger partial charge on any atom is -0.311 e. The maximum Gasteiger partial charge on any atom is 0.111 e. The zero-order valence-electron chi connectivity index (χ0n) is 14.0. The predicted molar refractivity (Wildman–Crippen MR) is 93.5 cm³/mol. The lowest BCUT2D eigenvalue weighted by Gasteiger charge is -2.09. The van der Waals surface area contributed by atoms with Gasteiger partial charge in [-0.2, -0.15) is 5.10 Å². The van der Waals surface area contributed by atoms with Crippen molar-refractivity contribution < 1.29 is 0 Å². The van der Waals surface area contributed by atoms with E-state index in [9.17, 15) is 0 Å². The molecule has 0 amide bonds. The second-order valence-corrected chi connectivity index (χ2v) is 6.58. The molecular formula is C19H22N4. The molecule has 4 rings (SSSR count). The number of aryl methyl sites for hydroxylation is 4. The van der Waals surface area contributed by atoms with Gasteiger partial charge in [-0.25, -0.2) is 4.98 Å². The third-order valence-corrected chi connectivity index (χ3v) is 4.61. The predicted octanol–water partition coefficient (Wildman–Crippen LogP) is 3.52. The molecule has 0 spiro atoms. The van der Waals surface area contributed by atoms with Crippen molar-refractivity contribution in [2.24, 2.45) is 0 Å². The largest absolute Gasteiger partial charge is 0.311 e. The second-order valence-electron chi connectivity index (χ2n) is 6.58. The quantitative estimate of drug-likeness (QED) is 0.748. The van der Waals surface area contributed by atoms with Gasteiger partial charge in [-0.3, -0.25) is 4.68 Å². The van der Waals surface area contributed by atoms with Crippen molar-refractivity contribution in [3.8, 4) is 11.4 Å². The zero-order chi connectivity index (χ0) is 16.0. The van der Waals surface area contributed by atoms with Crippen molar-refractivity contribution >= 4 is 10.9 Å². The Morgan fingerprint density at radius 3 is 2.74 bits per heavy atom. The smallest absolute Gasteiger partial charge is 0.111 e. The number of aromatic nitrogens is 3. The summed E-state index contributed by atoms with van der Waals surface area (Å²) < 4.78 is 2.12. The number of nitrogens with one attached hydrogen (secondary N) is 1. The number of rotatable bonds is 1. The molecule has 0 radical (unpaired) electrons. The van der Waals surface area contributed by atoms with Crippen molar-refractivity contribution in [2.45, 2.75) is 40.3 Å². The van der Waals surface area contributed by atoms with E-state index in [0.29, 0.717) is 0 Å². The van der Waals surface area contributed by atoms with Crippen LogP contribution in [-0.4, -0.2) is 21.3 Å². The SMILES string of the molecule is Cc1cc(C)c2nc(-c3cc4n(n3)CCCNC4)cc(C)c2c1. The van der Waals surface area contributed by atoms with Gasteiger partial charge >= 0.3 is 0 Å². The van der Waals surface area contributed by atoms with E-state index in [-0.39, 0.29) is 0 Å². The summed E-state index contributed by atoms with van der Waals surface area (Å²) in [6, 6.07) is 8.76. The summed E-state index contributed by atoms with van der Waals surface area (Å²) in [5.74, 6) is 0. The fraction of sp³-hybridized carbons (Fsp3) is 0.368. The summed E-state index contributed by atoms with van der Waals surface area (Å²) in [6.07, 6.45) is 1.12. The third-order valence-electron chi connectivity index (χ3n) is 4.61. The summed E-state index contributed by atoms with van der Waals surface area (Å²) in [6.45, 7) is 9.36. The molecule has 0 bridgehead atoms. The average molecular weight is 306 g/mol. The summed E-state index contributed by atoms with van der Waals surface area (Å²) in [4.78, 5) is 4.92. The van der Waals surface area contributed by atoms with Crippen LogP contribution in [0.15, 0.2) is 24.3 Å². The molecule has 2 aromatic heterocycles. The van der Waals surface area contributed by atoms with Crippen LogP contribution >= 0.6 is 0 Å². The van der Waals surface area contributed by atoms with Crippen molar-refractivity contribution in [1.82, 2.24) is 20.1 Å². The van der Waals surface area contributed by atoms with Gasteiger partial charge in [0.1, 0.15) is 5.69 Å². The lowest BCUT2D eigenvalue weighted by Crippen LogP contribution is -2.11. The minimum absolute atomic E-state index is 0.887. The van der Waals surface area contributed by atoms with E-state index in [0.717, 1.165) is 43.0 Å². The van der Waals surface area contributed by atoms with Gasteiger partial charge in [0.25, 0.3) is 0 Å². The summed E-state index contributed by atoms with van der Waals surface area (Å²) in [5, 5.41) is 9.48. The van der Waals surface area contributed by atoms with Crippen LogP contribution in [0.25, 0.3) is 22.3 Å². The highest BCUT2D eigenvalue weighted by Crippen LogP contribution is 2.27. The van der Waals surface area contributed by atoms with Gasteiger partial charge in [-0.1, -0.05) is 11.6 Å². The van der Waals surface area contributed by atoms with E-state index in [1.54, 1.807) is 0 Å². The van der Waals surface area contributed by atoms with E-state index in [1.165, 1.54) is 27.8 Å². The third kappa shape index (κ3) is 2.53. The molecule has 0 saturated heterocycles. The molecule has 4 heteroatoms. The highest BCUT2D eigenvalue weighted by molar-refractivity contribution is 5.87.